The molecule has 1 saturated heterocycles. The van der Waals surface area contributed by atoms with E-state index < -0.39 is 13.7 Å². The fourth-order valence-electron chi connectivity index (χ4n) is 3.47. The average molecular weight is 444 g/mol. The zero-order chi connectivity index (χ0) is 22.8. The molecule has 0 unspecified atom stereocenters. The van der Waals surface area contributed by atoms with Crippen LogP contribution in [0.5, 0.6) is 0 Å². The van der Waals surface area contributed by atoms with Gasteiger partial charge in [0.05, 0.1) is 11.9 Å². The van der Waals surface area contributed by atoms with Gasteiger partial charge in [-0.1, -0.05) is 55.2 Å². The zero-order valence-electron chi connectivity index (χ0n) is 19.4. The summed E-state index contributed by atoms with van der Waals surface area (Å²) in [6, 6.07) is 9.95. The van der Waals surface area contributed by atoms with Crippen molar-refractivity contribution in [1.29, 1.82) is 0 Å². The normalized spacial score (nSPS) is 15.2. The van der Waals surface area contributed by atoms with Gasteiger partial charge in [-0.25, -0.2) is 9.48 Å². The van der Waals surface area contributed by atoms with Crippen molar-refractivity contribution in [2.24, 2.45) is 0 Å². The highest BCUT2D eigenvalue weighted by Gasteiger charge is 2.34. The second kappa shape index (κ2) is 8.82. The number of hydrogen-bond donors (Lipinski definition) is 0. The lowest BCUT2D eigenvalue weighted by molar-refractivity contribution is 0.0139. The van der Waals surface area contributed by atoms with Gasteiger partial charge in [0, 0.05) is 26.2 Å². The lowest BCUT2D eigenvalue weighted by Crippen LogP contribution is -2.53. The van der Waals surface area contributed by atoms with E-state index in [0.717, 1.165) is 10.9 Å². The molecule has 1 aromatic carbocycles. The van der Waals surface area contributed by atoms with Gasteiger partial charge in [0.1, 0.15) is 19.4 Å². The Labute approximate surface area is 185 Å². The van der Waals surface area contributed by atoms with E-state index in [0.29, 0.717) is 38.4 Å². The van der Waals surface area contributed by atoms with Crippen molar-refractivity contribution >= 4 is 25.4 Å². The number of piperazine rings is 1. The molecule has 2 aromatic rings. The van der Waals surface area contributed by atoms with E-state index >= 15 is 0 Å². The predicted molar refractivity (Wildman–Crippen MR) is 122 cm³/mol. The quantitative estimate of drug-likeness (QED) is 0.679. The van der Waals surface area contributed by atoms with E-state index in [4.69, 9.17) is 4.74 Å². The molecule has 0 aliphatic carbocycles. The van der Waals surface area contributed by atoms with E-state index in [-0.39, 0.29) is 12.0 Å². The molecular formula is C22H33N5O3Si. The Morgan fingerprint density at radius 3 is 2.13 bits per heavy atom. The molecule has 0 saturated carbocycles. The molecule has 168 valence electrons. The molecule has 2 heterocycles. The number of aromatic nitrogens is 3. The summed E-state index contributed by atoms with van der Waals surface area (Å²) in [4.78, 5) is 29.4. The molecule has 1 aliphatic heterocycles. The van der Waals surface area contributed by atoms with E-state index in [2.05, 4.69) is 30.0 Å². The van der Waals surface area contributed by atoms with Crippen molar-refractivity contribution in [2.75, 3.05) is 26.2 Å². The minimum absolute atomic E-state index is 0.0674. The zero-order valence-corrected chi connectivity index (χ0v) is 20.4. The first kappa shape index (κ1) is 23.0. The number of ether oxygens (including phenoxy) is 1. The van der Waals surface area contributed by atoms with Crippen molar-refractivity contribution in [2.45, 2.75) is 52.6 Å². The van der Waals surface area contributed by atoms with Crippen LogP contribution in [0, 0.1) is 0 Å². The van der Waals surface area contributed by atoms with Gasteiger partial charge in [-0.3, -0.25) is 4.79 Å². The van der Waals surface area contributed by atoms with Crippen LogP contribution in [0.3, 0.4) is 0 Å². The molecule has 1 aromatic heterocycles. The minimum Gasteiger partial charge on any atom is -0.444 e. The summed E-state index contributed by atoms with van der Waals surface area (Å²) in [7, 11) is -1.89. The Kier molecular flexibility index (Phi) is 6.54. The van der Waals surface area contributed by atoms with E-state index in [1.165, 1.54) is 0 Å². The Hall–Kier alpha value is -2.68. The Balaban J connectivity index is 1.78. The summed E-state index contributed by atoms with van der Waals surface area (Å²) in [5, 5.41) is 9.59. The lowest BCUT2D eigenvalue weighted by Gasteiger charge is -2.35. The summed E-state index contributed by atoms with van der Waals surface area (Å²) >= 11 is 0. The molecule has 8 nitrogen and oxygen atoms in total. The predicted octanol–water partition coefficient (Wildman–Crippen LogP) is 2.56. The van der Waals surface area contributed by atoms with Gasteiger partial charge in [-0.15, -0.1) is 5.10 Å². The van der Waals surface area contributed by atoms with E-state index in [1.807, 2.05) is 51.1 Å². The third-order valence-electron chi connectivity index (χ3n) is 5.04. The average Bonchev–Trinajstić information content (AvgIpc) is 3.11. The molecule has 0 atom stereocenters. The Morgan fingerprint density at radius 2 is 1.58 bits per heavy atom. The first-order chi connectivity index (χ1) is 14.5. The van der Waals surface area contributed by atoms with Crippen LogP contribution in [0.2, 0.25) is 19.6 Å². The van der Waals surface area contributed by atoms with Crippen molar-refractivity contribution in [1.82, 2.24) is 24.8 Å². The van der Waals surface area contributed by atoms with Crippen molar-refractivity contribution < 1.29 is 14.3 Å². The summed E-state index contributed by atoms with van der Waals surface area (Å²) in [5.41, 5.74) is 1.11. The molecule has 2 amide bonds. The van der Waals surface area contributed by atoms with Crippen LogP contribution >= 0.6 is 0 Å². The van der Waals surface area contributed by atoms with E-state index in [1.54, 1.807) is 14.5 Å². The van der Waals surface area contributed by atoms with Crippen molar-refractivity contribution in [3.05, 3.63) is 41.6 Å². The standard InChI is InChI=1S/C22H33N5O3Si/c1-22(2,3)30-21(29)26-14-12-25(13-15-26)20(28)18-19(31(4,5)6)23-24-27(18)16-17-10-8-7-9-11-17/h7-11H,12-16H2,1-6H3. The third kappa shape index (κ3) is 5.72. The maximum atomic E-state index is 13.6. The number of carbonyl (C=O) groups is 2. The maximum absolute atomic E-state index is 13.6. The number of rotatable bonds is 4. The van der Waals surface area contributed by atoms with Crippen LogP contribution < -0.4 is 5.32 Å². The summed E-state index contributed by atoms with van der Waals surface area (Å²) in [5.74, 6) is -0.0674. The van der Waals surface area contributed by atoms with Crippen LogP contribution in [-0.2, 0) is 11.3 Å². The molecule has 31 heavy (non-hydrogen) atoms. The third-order valence-corrected chi connectivity index (χ3v) is 6.80. The maximum Gasteiger partial charge on any atom is 0.410 e. The number of nitrogens with zero attached hydrogens (tertiary/aromatic N) is 5. The van der Waals surface area contributed by atoms with Gasteiger partial charge >= 0.3 is 6.09 Å². The minimum atomic E-state index is -1.89. The molecule has 0 N–H and O–H groups in total. The second-order valence-corrected chi connectivity index (χ2v) is 14.9. The van der Waals surface area contributed by atoms with Gasteiger partial charge in [0.15, 0.2) is 0 Å². The number of amides is 2. The van der Waals surface area contributed by atoms with Crippen LogP contribution in [-0.4, -0.2) is 76.6 Å². The molecule has 1 fully saturated rings. The number of hydrogen-bond acceptors (Lipinski definition) is 5. The Morgan fingerprint density at radius 1 is 1.00 bits per heavy atom. The highest BCUT2D eigenvalue weighted by molar-refractivity contribution is 6.88. The molecule has 0 radical (unpaired) electrons. The van der Waals surface area contributed by atoms with Gasteiger partial charge in [-0.2, -0.15) is 0 Å². The van der Waals surface area contributed by atoms with Gasteiger partial charge in [0.2, 0.25) is 0 Å². The highest BCUT2D eigenvalue weighted by Crippen LogP contribution is 2.15. The summed E-state index contributed by atoms with van der Waals surface area (Å²) < 4.78 is 7.19. The lowest BCUT2D eigenvalue weighted by atomic mass is 10.2. The largest absolute Gasteiger partial charge is 0.444 e. The monoisotopic (exact) mass is 443 g/mol. The van der Waals surface area contributed by atoms with Crippen LogP contribution in [0.25, 0.3) is 0 Å². The van der Waals surface area contributed by atoms with Crippen LogP contribution in [0.4, 0.5) is 4.79 Å². The van der Waals surface area contributed by atoms with Crippen molar-refractivity contribution in [3.8, 4) is 0 Å². The highest BCUT2D eigenvalue weighted by atomic mass is 28.3. The first-order valence-electron chi connectivity index (χ1n) is 10.7. The van der Waals surface area contributed by atoms with Gasteiger partial charge in [-0.05, 0) is 26.3 Å². The van der Waals surface area contributed by atoms with Crippen LogP contribution in [0.15, 0.2) is 30.3 Å². The molecule has 9 heteroatoms. The first-order valence-corrected chi connectivity index (χ1v) is 14.2. The van der Waals surface area contributed by atoms with E-state index in [9.17, 15) is 9.59 Å². The number of carbonyl (C=O) groups excluding carboxylic acids is 2. The van der Waals surface area contributed by atoms with Crippen molar-refractivity contribution in [3.63, 3.8) is 0 Å². The number of benzene rings is 1. The summed E-state index contributed by atoms with van der Waals surface area (Å²) in [6.45, 7) is 14.4. The fraction of sp³-hybridized carbons (Fsp3) is 0.545. The smallest absolute Gasteiger partial charge is 0.410 e. The Bertz CT molecular complexity index is 923. The molecule has 3 rings (SSSR count). The van der Waals surface area contributed by atoms with Gasteiger partial charge < -0.3 is 14.5 Å². The molecule has 1 aliphatic rings. The molecular weight excluding hydrogens is 410 g/mol. The fourth-order valence-corrected chi connectivity index (χ4v) is 4.76. The topological polar surface area (TPSA) is 80.6 Å². The molecule has 0 spiro atoms. The second-order valence-electron chi connectivity index (χ2n) is 9.94. The van der Waals surface area contributed by atoms with Gasteiger partial charge in [0.25, 0.3) is 5.91 Å². The SMILES string of the molecule is CC(C)(C)OC(=O)N1CCN(C(=O)c2c([Si](C)(C)C)nnn2Cc2ccccc2)CC1. The van der Waals surface area contributed by atoms with Crippen LogP contribution in [0.1, 0.15) is 36.8 Å². The molecule has 0 bridgehead atoms. The summed E-state index contributed by atoms with van der Waals surface area (Å²) in [6.07, 6.45) is -0.335.